The van der Waals surface area contributed by atoms with Gasteiger partial charge in [0.15, 0.2) is 5.78 Å². The van der Waals surface area contributed by atoms with Crippen LogP contribution in [0.2, 0.25) is 4.34 Å². The summed E-state index contributed by atoms with van der Waals surface area (Å²) in [4.78, 5) is 12.6. The molecule has 15 heavy (non-hydrogen) atoms. The quantitative estimate of drug-likeness (QED) is 0.763. The van der Waals surface area contributed by atoms with Crippen molar-refractivity contribution in [2.45, 2.75) is 19.8 Å². The number of hydrogen-bond donors (Lipinski definition) is 0. The summed E-state index contributed by atoms with van der Waals surface area (Å²) in [5, 5.41) is 0. The van der Waals surface area contributed by atoms with Crippen molar-refractivity contribution in [3.05, 3.63) is 20.8 Å². The minimum Gasteiger partial charge on any atom is -0.381 e. The van der Waals surface area contributed by atoms with E-state index in [0.717, 1.165) is 34.4 Å². The normalized spacial score (nSPS) is 20.8. The molecular formula is C11H13ClO2S. The largest absolute Gasteiger partial charge is 0.381 e. The molecule has 1 aromatic rings. The molecule has 1 aliphatic rings. The number of ketones is 1. The van der Waals surface area contributed by atoms with Gasteiger partial charge < -0.3 is 4.74 Å². The first-order valence-corrected chi connectivity index (χ1v) is 6.23. The maximum Gasteiger partial charge on any atom is 0.173 e. The van der Waals surface area contributed by atoms with Crippen molar-refractivity contribution in [1.82, 2.24) is 0 Å². The number of thiophene rings is 1. The van der Waals surface area contributed by atoms with Crippen LogP contribution >= 0.6 is 22.9 Å². The maximum absolute atomic E-state index is 11.9. The highest BCUT2D eigenvalue weighted by Gasteiger charge is 2.21. The van der Waals surface area contributed by atoms with Crippen LogP contribution < -0.4 is 0 Å². The second kappa shape index (κ2) is 4.64. The van der Waals surface area contributed by atoms with Crippen LogP contribution in [0.4, 0.5) is 0 Å². The number of carbonyl (C=O) groups is 1. The molecule has 1 aromatic heterocycles. The van der Waals surface area contributed by atoms with Gasteiger partial charge in [-0.1, -0.05) is 11.6 Å². The molecule has 0 saturated carbocycles. The fourth-order valence-corrected chi connectivity index (χ4v) is 2.85. The summed E-state index contributed by atoms with van der Waals surface area (Å²) in [5.74, 6) is 0.601. The van der Waals surface area contributed by atoms with E-state index < -0.39 is 0 Å². The topological polar surface area (TPSA) is 26.3 Å². The Hall–Kier alpha value is -0.380. The lowest BCUT2D eigenvalue weighted by Crippen LogP contribution is -2.07. The third-order valence-electron chi connectivity index (χ3n) is 2.63. The van der Waals surface area contributed by atoms with Gasteiger partial charge in [-0.2, -0.15) is 0 Å². The number of aryl methyl sites for hydroxylation is 1. The van der Waals surface area contributed by atoms with E-state index in [4.69, 9.17) is 16.3 Å². The highest BCUT2D eigenvalue weighted by Crippen LogP contribution is 2.29. The van der Waals surface area contributed by atoms with E-state index in [0.29, 0.717) is 12.3 Å². The third kappa shape index (κ3) is 2.60. The number of rotatable bonds is 3. The molecule has 82 valence electrons. The zero-order valence-corrected chi connectivity index (χ0v) is 10.2. The van der Waals surface area contributed by atoms with Crippen molar-refractivity contribution < 1.29 is 9.53 Å². The van der Waals surface area contributed by atoms with E-state index in [1.807, 2.05) is 13.0 Å². The van der Waals surface area contributed by atoms with Gasteiger partial charge in [-0.3, -0.25) is 4.79 Å². The molecule has 0 spiro atoms. The molecule has 2 nitrogen and oxygen atoms in total. The first-order valence-electron chi connectivity index (χ1n) is 5.03. The van der Waals surface area contributed by atoms with Crippen molar-refractivity contribution in [2.75, 3.05) is 13.2 Å². The van der Waals surface area contributed by atoms with Crippen LogP contribution in [0.15, 0.2) is 6.07 Å². The number of halogens is 1. The van der Waals surface area contributed by atoms with E-state index in [2.05, 4.69) is 0 Å². The van der Waals surface area contributed by atoms with Crippen molar-refractivity contribution in [2.24, 2.45) is 5.92 Å². The summed E-state index contributed by atoms with van der Waals surface area (Å²) >= 11 is 7.31. The molecule has 0 N–H and O–H groups in total. The van der Waals surface area contributed by atoms with Crippen LogP contribution in [0.5, 0.6) is 0 Å². The monoisotopic (exact) mass is 244 g/mol. The second-order valence-corrected chi connectivity index (χ2v) is 5.58. The first kappa shape index (κ1) is 11.1. The molecular weight excluding hydrogens is 232 g/mol. The molecule has 2 rings (SSSR count). The van der Waals surface area contributed by atoms with Crippen LogP contribution in [0.1, 0.15) is 28.1 Å². The Bertz CT molecular complexity index is 347. The van der Waals surface area contributed by atoms with Crippen LogP contribution in [0.25, 0.3) is 0 Å². The van der Waals surface area contributed by atoms with Gasteiger partial charge in [0, 0.05) is 19.6 Å². The zero-order valence-electron chi connectivity index (χ0n) is 8.59. The van der Waals surface area contributed by atoms with Crippen LogP contribution in [-0.2, 0) is 4.74 Å². The maximum atomic E-state index is 11.9. The summed E-state index contributed by atoms with van der Waals surface area (Å²) in [6, 6.07) is 1.88. The van der Waals surface area contributed by atoms with Crippen molar-refractivity contribution in [3.63, 3.8) is 0 Å². The van der Waals surface area contributed by atoms with Gasteiger partial charge in [0.05, 0.1) is 9.21 Å². The number of hydrogen-bond acceptors (Lipinski definition) is 3. The Labute approximate surface area is 98.2 Å². The Morgan fingerprint density at radius 1 is 1.73 bits per heavy atom. The summed E-state index contributed by atoms with van der Waals surface area (Å²) in [6.45, 7) is 3.44. The fraction of sp³-hybridized carbons (Fsp3) is 0.545. The van der Waals surface area contributed by atoms with E-state index in [1.54, 1.807) is 0 Å². The standard InChI is InChI=1S/C11H13ClO2S/c1-7-4-10(15-11(7)12)9(13)5-8-2-3-14-6-8/h4,8H,2-3,5-6H2,1H3. The molecule has 1 fully saturated rings. The molecule has 1 saturated heterocycles. The van der Waals surface area contributed by atoms with Gasteiger partial charge in [-0.05, 0) is 30.9 Å². The van der Waals surface area contributed by atoms with E-state index in [-0.39, 0.29) is 5.78 Å². The fourth-order valence-electron chi connectivity index (χ4n) is 1.70. The summed E-state index contributed by atoms with van der Waals surface area (Å²) in [5.41, 5.74) is 0.993. The molecule has 0 aromatic carbocycles. The minimum atomic E-state index is 0.200. The van der Waals surface area contributed by atoms with Crippen LogP contribution in [0.3, 0.4) is 0 Å². The van der Waals surface area contributed by atoms with Gasteiger partial charge >= 0.3 is 0 Å². The highest BCUT2D eigenvalue weighted by molar-refractivity contribution is 7.18. The first-order chi connectivity index (χ1) is 7.16. The summed E-state index contributed by atoms with van der Waals surface area (Å²) in [7, 11) is 0. The second-order valence-electron chi connectivity index (χ2n) is 3.92. The van der Waals surface area contributed by atoms with Crippen LogP contribution in [-0.4, -0.2) is 19.0 Å². The molecule has 1 atom stereocenters. The molecule has 0 aliphatic carbocycles. The van der Waals surface area contributed by atoms with Crippen LogP contribution in [0, 0.1) is 12.8 Å². The average Bonchev–Trinajstić information content (AvgIpc) is 2.78. The van der Waals surface area contributed by atoms with Crippen molar-refractivity contribution in [1.29, 1.82) is 0 Å². The molecule has 0 radical (unpaired) electrons. The predicted molar refractivity (Wildman–Crippen MR) is 61.9 cm³/mol. The van der Waals surface area contributed by atoms with Crippen molar-refractivity contribution in [3.8, 4) is 0 Å². The van der Waals surface area contributed by atoms with Gasteiger partial charge in [0.25, 0.3) is 0 Å². The average molecular weight is 245 g/mol. The molecule has 4 heteroatoms. The highest BCUT2D eigenvalue weighted by atomic mass is 35.5. The van der Waals surface area contributed by atoms with Gasteiger partial charge in [0.2, 0.25) is 0 Å². The van der Waals surface area contributed by atoms with Crippen molar-refractivity contribution >= 4 is 28.7 Å². The zero-order chi connectivity index (χ0) is 10.8. The number of Topliss-reactive ketones (excluding diaryl/α,β-unsaturated/α-hetero) is 1. The summed E-state index contributed by atoms with van der Waals surface area (Å²) < 4.78 is 5.97. The third-order valence-corrected chi connectivity index (χ3v) is 4.23. The van der Waals surface area contributed by atoms with Gasteiger partial charge in [-0.25, -0.2) is 0 Å². The Kier molecular flexibility index (Phi) is 3.44. The lowest BCUT2D eigenvalue weighted by Gasteiger charge is -2.03. The Morgan fingerprint density at radius 2 is 2.53 bits per heavy atom. The smallest absolute Gasteiger partial charge is 0.173 e. The number of carbonyl (C=O) groups excluding carboxylic acids is 1. The van der Waals surface area contributed by atoms with E-state index in [9.17, 15) is 4.79 Å². The minimum absolute atomic E-state index is 0.200. The van der Waals surface area contributed by atoms with Gasteiger partial charge in [-0.15, -0.1) is 11.3 Å². The Morgan fingerprint density at radius 3 is 3.07 bits per heavy atom. The predicted octanol–water partition coefficient (Wildman–Crippen LogP) is 3.32. The molecule has 0 amide bonds. The van der Waals surface area contributed by atoms with Gasteiger partial charge in [0.1, 0.15) is 0 Å². The molecule has 2 heterocycles. The summed E-state index contributed by atoms with van der Waals surface area (Å²) in [6.07, 6.45) is 1.60. The molecule has 1 unspecified atom stereocenters. The van der Waals surface area contributed by atoms with E-state index >= 15 is 0 Å². The number of ether oxygens (including phenoxy) is 1. The molecule has 1 aliphatic heterocycles. The SMILES string of the molecule is Cc1cc(C(=O)CC2CCOC2)sc1Cl. The lowest BCUT2D eigenvalue weighted by molar-refractivity contribution is 0.0956. The van der Waals surface area contributed by atoms with E-state index in [1.165, 1.54) is 11.3 Å². The molecule has 0 bridgehead atoms. The Balaban J connectivity index is 2.00. The lowest BCUT2D eigenvalue weighted by atomic mass is 10.0.